The van der Waals surface area contributed by atoms with Crippen LogP contribution in [0.2, 0.25) is 0 Å². The third-order valence-electron chi connectivity index (χ3n) is 4.71. The van der Waals surface area contributed by atoms with E-state index >= 15 is 0 Å². The molecule has 1 atom stereocenters. The van der Waals surface area contributed by atoms with Crippen molar-refractivity contribution in [2.24, 2.45) is 0 Å². The number of benzene rings is 2. The summed E-state index contributed by atoms with van der Waals surface area (Å²) < 4.78 is 5.05. The Hall–Kier alpha value is -2.73. The summed E-state index contributed by atoms with van der Waals surface area (Å²) in [4.78, 5) is 26.1. The van der Waals surface area contributed by atoms with Gasteiger partial charge in [0.1, 0.15) is 0 Å². The number of hydrogen-bond donors (Lipinski definition) is 2. The van der Waals surface area contributed by atoms with Gasteiger partial charge in [0.05, 0.1) is 18.7 Å². The minimum Gasteiger partial charge on any atom is -0.466 e. The number of esters is 1. The van der Waals surface area contributed by atoms with Crippen molar-refractivity contribution in [1.82, 2.24) is 10.6 Å². The van der Waals surface area contributed by atoms with Gasteiger partial charge in [-0.1, -0.05) is 41.5 Å². The molecule has 0 fully saturated rings. The number of nitrogens with one attached hydrogen (secondary N) is 2. The van der Waals surface area contributed by atoms with Gasteiger partial charge in [-0.3, -0.25) is 0 Å². The van der Waals surface area contributed by atoms with E-state index in [1.165, 1.54) is 12.7 Å². The summed E-state index contributed by atoms with van der Waals surface area (Å²) >= 11 is 1.57. The van der Waals surface area contributed by atoms with Gasteiger partial charge in [-0.05, 0) is 44.0 Å². The van der Waals surface area contributed by atoms with E-state index in [1.807, 2.05) is 63.2 Å². The largest absolute Gasteiger partial charge is 0.466 e. The molecule has 2 amide bonds. The maximum Gasteiger partial charge on any atom is 0.338 e. The van der Waals surface area contributed by atoms with E-state index in [-0.39, 0.29) is 6.03 Å². The predicted molar refractivity (Wildman–Crippen MR) is 111 cm³/mol. The Morgan fingerprint density at radius 3 is 2.43 bits per heavy atom. The number of urea groups is 1. The average Bonchev–Trinajstić information content (AvgIpc) is 2.68. The molecule has 2 N–H and O–H groups in total. The molecule has 5 nitrogen and oxygen atoms in total. The van der Waals surface area contributed by atoms with Gasteiger partial charge in [-0.2, -0.15) is 0 Å². The Kier molecular flexibility index (Phi) is 6.09. The molecular weight excluding hydrogens is 372 g/mol. The van der Waals surface area contributed by atoms with E-state index in [9.17, 15) is 9.59 Å². The van der Waals surface area contributed by atoms with E-state index in [0.717, 1.165) is 21.6 Å². The van der Waals surface area contributed by atoms with Crippen LogP contribution >= 0.6 is 11.8 Å². The fourth-order valence-corrected chi connectivity index (χ4v) is 4.04. The first-order valence-corrected chi connectivity index (χ1v) is 10.0. The number of rotatable bonds is 5. The topological polar surface area (TPSA) is 67.4 Å². The molecule has 0 saturated carbocycles. The van der Waals surface area contributed by atoms with Crippen LogP contribution in [0.3, 0.4) is 0 Å². The van der Waals surface area contributed by atoms with Gasteiger partial charge < -0.3 is 15.4 Å². The first-order valence-electron chi connectivity index (χ1n) is 9.04. The lowest BCUT2D eigenvalue weighted by Crippen LogP contribution is -2.46. The molecule has 6 heteroatoms. The molecule has 2 aromatic rings. The summed E-state index contributed by atoms with van der Waals surface area (Å²) in [6, 6.07) is 13.3. The van der Waals surface area contributed by atoms with Crippen LogP contribution < -0.4 is 10.6 Å². The molecule has 0 radical (unpaired) electrons. The number of amides is 2. The summed E-state index contributed by atoms with van der Waals surface area (Å²) in [6.45, 7) is 5.99. The van der Waals surface area contributed by atoms with Crippen molar-refractivity contribution in [1.29, 1.82) is 0 Å². The minimum absolute atomic E-state index is 0.321. The second-order valence-electron chi connectivity index (χ2n) is 6.88. The highest BCUT2D eigenvalue weighted by atomic mass is 32.2. The molecule has 0 aliphatic carbocycles. The average molecular weight is 397 g/mol. The Bertz CT molecular complexity index is 935. The van der Waals surface area contributed by atoms with Gasteiger partial charge in [-0.15, -0.1) is 11.8 Å². The van der Waals surface area contributed by atoms with Crippen molar-refractivity contribution >= 4 is 23.8 Å². The maximum atomic E-state index is 12.6. The van der Waals surface area contributed by atoms with Gasteiger partial charge in [0.25, 0.3) is 0 Å². The van der Waals surface area contributed by atoms with Crippen molar-refractivity contribution in [2.75, 3.05) is 12.9 Å². The molecule has 1 aliphatic rings. The van der Waals surface area contributed by atoms with Gasteiger partial charge >= 0.3 is 12.0 Å². The Morgan fingerprint density at radius 2 is 1.75 bits per heavy atom. The smallest absolute Gasteiger partial charge is 0.338 e. The van der Waals surface area contributed by atoms with Crippen LogP contribution in [0.4, 0.5) is 4.79 Å². The number of carbonyl (C=O) groups is 2. The summed E-state index contributed by atoms with van der Waals surface area (Å²) in [6.07, 6.45) is 0. The van der Waals surface area contributed by atoms with E-state index in [1.54, 1.807) is 11.8 Å². The van der Waals surface area contributed by atoms with Gasteiger partial charge in [0.15, 0.2) is 0 Å². The number of thioether (sulfide) groups is 1. The quantitative estimate of drug-likeness (QED) is 0.588. The minimum atomic E-state index is -0.547. The monoisotopic (exact) mass is 396 g/mol. The first kappa shape index (κ1) is 20.0. The van der Waals surface area contributed by atoms with E-state index in [0.29, 0.717) is 17.0 Å². The number of ether oxygens (including phenoxy) is 1. The van der Waals surface area contributed by atoms with Crippen LogP contribution in [0.1, 0.15) is 28.3 Å². The number of aryl methyl sites for hydroxylation is 3. The standard InChI is InChI=1S/C22H24N2O3S/c1-13-6-9-16(10-7-13)28-12-18-19(21(25)27-4)20(24-22(26)23-18)17-11-14(2)5-8-15(17)3/h5-11,20H,12H2,1-4H3,(H2,23,24,26)/t20-/m0/s1. The Balaban J connectivity index is 2.00. The van der Waals surface area contributed by atoms with Crippen LogP contribution in [0.25, 0.3) is 0 Å². The summed E-state index contributed by atoms with van der Waals surface area (Å²) in [5.41, 5.74) is 5.16. The van der Waals surface area contributed by atoms with E-state index in [2.05, 4.69) is 10.6 Å². The van der Waals surface area contributed by atoms with Crippen molar-refractivity contribution < 1.29 is 14.3 Å². The van der Waals surface area contributed by atoms with Crippen LogP contribution in [0, 0.1) is 20.8 Å². The van der Waals surface area contributed by atoms with Crippen LogP contribution in [0.15, 0.2) is 58.6 Å². The molecular formula is C22H24N2O3S. The van der Waals surface area contributed by atoms with E-state index in [4.69, 9.17) is 4.74 Å². The molecule has 28 heavy (non-hydrogen) atoms. The molecule has 1 heterocycles. The zero-order valence-corrected chi connectivity index (χ0v) is 17.3. The summed E-state index contributed by atoms with van der Waals surface area (Å²) in [5.74, 6) is 0.0142. The molecule has 0 spiro atoms. The molecule has 0 saturated heterocycles. The van der Waals surface area contributed by atoms with Crippen LogP contribution in [0.5, 0.6) is 0 Å². The third kappa shape index (κ3) is 4.39. The third-order valence-corrected chi connectivity index (χ3v) is 5.75. The van der Waals surface area contributed by atoms with Crippen molar-refractivity contribution in [3.05, 3.63) is 76.0 Å². The van der Waals surface area contributed by atoms with Crippen molar-refractivity contribution in [3.63, 3.8) is 0 Å². The highest BCUT2D eigenvalue weighted by molar-refractivity contribution is 7.99. The summed E-state index contributed by atoms with van der Waals surface area (Å²) in [5, 5.41) is 5.69. The van der Waals surface area contributed by atoms with Gasteiger partial charge in [-0.25, -0.2) is 9.59 Å². The highest BCUT2D eigenvalue weighted by Gasteiger charge is 2.34. The number of carbonyl (C=O) groups excluding carboxylic acids is 2. The number of methoxy groups -OCH3 is 1. The number of hydrogen-bond acceptors (Lipinski definition) is 4. The lowest BCUT2D eigenvalue weighted by molar-refractivity contribution is -0.136. The highest BCUT2D eigenvalue weighted by Crippen LogP contribution is 2.32. The van der Waals surface area contributed by atoms with Crippen LogP contribution in [-0.4, -0.2) is 24.9 Å². The lowest BCUT2D eigenvalue weighted by Gasteiger charge is -2.30. The molecule has 0 unspecified atom stereocenters. The van der Waals surface area contributed by atoms with Crippen molar-refractivity contribution in [3.8, 4) is 0 Å². The van der Waals surface area contributed by atoms with Gasteiger partial charge in [0.2, 0.25) is 0 Å². The second-order valence-corrected chi connectivity index (χ2v) is 7.93. The first-order chi connectivity index (χ1) is 13.4. The zero-order valence-electron chi connectivity index (χ0n) is 16.5. The molecule has 1 aliphatic heterocycles. The Morgan fingerprint density at radius 1 is 1.07 bits per heavy atom. The predicted octanol–water partition coefficient (Wildman–Crippen LogP) is 4.19. The van der Waals surface area contributed by atoms with Gasteiger partial charge in [0, 0.05) is 16.3 Å². The Labute approximate surface area is 169 Å². The molecule has 0 bridgehead atoms. The molecule has 0 aromatic heterocycles. The lowest BCUT2D eigenvalue weighted by atomic mass is 9.91. The van der Waals surface area contributed by atoms with Crippen molar-refractivity contribution in [2.45, 2.75) is 31.7 Å². The molecule has 3 rings (SSSR count). The molecule has 2 aromatic carbocycles. The summed E-state index contributed by atoms with van der Waals surface area (Å²) in [7, 11) is 1.36. The zero-order chi connectivity index (χ0) is 20.3. The fourth-order valence-electron chi connectivity index (χ4n) is 3.18. The second kappa shape index (κ2) is 8.52. The fraction of sp³-hybridized carbons (Fsp3) is 0.273. The van der Waals surface area contributed by atoms with E-state index < -0.39 is 12.0 Å². The normalized spacial score (nSPS) is 16.4. The SMILES string of the molecule is COC(=O)C1=C(CSc2ccc(C)cc2)NC(=O)N[C@H]1c1cc(C)ccc1C. The maximum absolute atomic E-state index is 12.6. The van der Waals surface area contributed by atoms with Crippen LogP contribution in [-0.2, 0) is 9.53 Å². The molecule has 146 valence electrons.